The summed E-state index contributed by atoms with van der Waals surface area (Å²) in [5, 5.41) is 0. The number of nitrogens with zero attached hydrogens (tertiary/aromatic N) is 1. The molecule has 0 aromatic heterocycles. The van der Waals surface area contributed by atoms with E-state index in [1.54, 1.807) is 0 Å². The molecule has 1 aliphatic heterocycles. The molecule has 0 spiro atoms. The van der Waals surface area contributed by atoms with E-state index in [0.717, 1.165) is 6.54 Å². The molecule has 0 aliphatic carbocycles. The number of unbranched alkanes of at least 4 members (excludes halogenated alkanes) is 1. The van der Waals surface area contributed by atoms with Crippen LogP contribution in [0, 0.1) is 0 Å². The summed E-state index contributed by atoms with van der Waals surface area (Å²) < 4.78 is 0. The van der Waals surface area contributed by atoms with E-state index in [1.165, 1.54) is 58.0 Å². The zero-order valence-corrected chi connectivity index (χ0v) is 9.67. The van der Waals surface area contributed by atoms with Crippen LogP contribution in [0.2, 0.25) is 0 Å². The van der Waals surface area contributed by atoms with Crippen LogP contribution in [0.15, 0.2) is 0 Å². The molecule has 1 atom stereocenters. The minimum Gasteiger partial charge on any atom is -0.329 e. The second-order valence-corrected chi connectivity index (χ2v) is 4.48. The SMILES string of the molecule is CCCCC(CN)N1CCCCCC1. The van der Waals surface area contributed by atoms with Gasteiger partial charge in [0.15, 0.2) is 0 Å². The van der Waals surface area contributed by atoms with Gasteiger partial charge in [-0.05, 0) is 32.4 Å². The first-order valence-electron chi connectivity index (χ1n) is 6.32. The smallest absolute Gasteiger partial charge is 0.0218 e. The first-order chi connectivity index (χ1) is 6.88. The number of nitrogens with two attached hydrogens (primary N) is 1. The van der Waals surface area contributed by atoms with Gasteiger partial charge in [0.05, 0.1) is 0 Å². The van der Waals surface area contributed by atoms with Crippen molar-refractivity contribution in [2.75, 3.05) is 19.6 Å². The Labute approximate surface area is 88.8 Å². The molecule has 2 N–H and O–H groups in total. The van der Waals surface area contributed by atoms with Crippen molar-refractivity contribution >= 4 is 0 Å². The van der Waals surface area contributed by atoms with Crippen LogP contribution in [0.4, 0.5) is 0 Å². The molecule has 0 aromatic carbocycles. The van der Waals surface area contributed by atoms with Crippen LogP contribution in [-0.4, -0.2) is 30.6 Å². The minimum atomic E-state index is 0.660. The average molecular weight is 198 g/mol. The maximum atomic E-state index is 5.85. The molecule has 0 radical (unpaired) electrons. The van der Waals surface area contributed by atoms with E-state index in [9.17, 15) is 0 Å². The average Bonchev–Trinajstić information content (AvgIpc) is 2.48. The van der Waals surface area contributed by atoms with E-state index in [4.69, 9.17) is 5.73 Å². The lowest BCUT2D eigenvalue weighted by Gasteiger charge is -2.29. The molecule has 14 heavy (non-hydrogen) atoms. The van der Waals surface area contributed by atoms with Gasteiger partial charge in [0.25, 0.3) is 0 Å². The van der Waals surface area contributed by atoms with Crippen molar-refractivity contribution in [3.8, 4) is 0 Å². The molecule has 0 bridgehead atoms. The number of hydrogen-bond acceptors (Lipinski definition) is 2. The second kappa shape index (κ2) is 7.24. The molecule has 0 amide bonds. The number of rotatable bonds is 5. The molecule has 1 unspecified atom stereocenters. The van der Waals surface area contributed by atoms with Crippen LogP contribution in [0.3, 0.4) is 0 Å². The van der Waals surface area contributed by atoms with Gasteiger partial charge in [-0.2, -0.15) is 0 Å². The number of likely N-dealkylation sites (tertiary alicyclic amines) is 1. The van der Waals surface area contributed by atoms with Crippen LogP contribution in [0.25, 0.3) is 0 Å². The Morgan fingerprint density at radius 3 is 2.29 bits per heavy atom. The standard InChI is InChI=1S/C12H26N2/c1-2-3-8-12(11-13)14-9-6-4-5-7-10-14/h12H,2-11,13H2,1H3. The van der Waals surface area contributed by atoms with E-state index < -0.39 is 0 Å². The van der Waals surface area contributed by atoms with Gasteiger partial charge in [0.2, 0.25) is 0 Å². The Bertz CT molecular complexity index is 128. The van der Waals surface area contributed by atoms with Crippen molar-refractivity contribution in [2.24, 2.45) is 5.73 Å². The molecule has 1 heterocycles. The predicted octanol–water partition coefficient (Wildman–Crippen LogP) is 2.38. The zero-order valence-electron chi connectivity index (χ0n) is 9.67. The van der Waals surface area contributed by atoms with E-state index in [-0.39, 0.29) is 0 Å². The lowest BCUT2D eigenvalue weighted by atomic mass is 10.1. The highest BCUT2D eigenvalue weighted by atomic mass is 15.2. The van der Waals surface area contributed by atoms with E-state index >= 15 is 0 Å². The summed E-state index contributed by atoms with van der Waals surface area (Å²) in [5.41, 5.74) is 5.85. The Morgan fingerprint density at radius 2 is 1.79 bits per heavy atom. The van der Waals surface area contributed by atoms with Crippen molar-refractivity contribution in [3.05, 3.63) is 0 Å². The van der Waals surface area contributed by atoms with Crippen LogP contribution in [-0.2, 0) is 0 Å². The highest BCUT2D eigenvalue weighted by Gasteiger charge is 2.17. The maximum Gasteiger partial charge on any atom is 0.0218 e. The lowest BCUT2D eigenvalue weighted by molar-refractivity contribution is 0.195. The summed E-state index contributed by atoms with van der Waals surface area (Å²) in [6.45, 7) is 5.67. The fourth-order valence-electron chi connectivity index (χ4n) is 2.35. The molecule has 1 fully saturated rings. The fraction of sp³-hybridized carbons (Fsp3) is 1.00. The third-order valence-corrected chi connectivity index (χ3v) is 3.32. The monoisotopic (exact) mass is 198 g/mol. The quantitative estimate of drug-likeness (QED) is 0.735. The molecule has 2 heteroatoms. The fourth-order valence-corrected chi connectivity index (χ4v) is 2.35. The van der Waals surface area contributed by atoms with Gasteiger partial charge in [-0.3, -0.25) is 4.90 Å². The first kappa shape index (κ1) is 12.0. The molecular weight excluding hydrogens is 172 g/mol. The van der Waals surface area contributed by atoms with Crippen molar-refractivity contribution in [2.45, 2.75) is 57.9 Å². The van der Waals surface area contributed by atoms with Gasteiger partial charge in [-0.15, -0.1) is 0 Å². The zero-order chi connectivity index (χ0) is 10.2. The summed E-state index contributed by atoms with van der Waals surface area (Å²) in [4.78, 5) is 2.63. The van der Waals surface area contributed by atoms with Gasteiger partial charge in [-0.25, -0.2) is 0 Å². The Kier molecular flexibility index (Phi) is 6.20. The van der Waals surface area contributed by atoms with E-state index in [0.29, 0.717) is 6.04 Å². The summed E-state index contributed by atoms with van der Waals surface area (Å²) >= 11 is 0. The highest BCUT2D eigenvalue weighted by molar-refractivity contribution is 4.74. The van der Waals surface area contributed by atoms with Crippen molar-refractivity contribution in [1.29, 1.82) is 0 Å². The third kappa shape index (κ3) is 3.97. The lowest BCUT2D eigenvalue weighted by Crippen LogP contribution is -2.41. The molecule has 1 rings (SSSR count). The summed E-state index contributed by atoms with van der Waals surface area (Å²) in [5.74, 6) is 0. The van der Waals surface area contributed by atoms with E-state index in [2.05, 4.69) is 11.8 Å². The molecule has 1 saturated heterocycles. The molecule has 0 saturated carbocycles. The highest BCUT2D eigenvalue weighted by Crippen LogP contribution is 2.15. The van der Waals surface area contributed by atoms with Crippen molar-refractivity contribution < 1.29 is 0 Å². The van der Waals surface area contributed by atoms with Crippen LogP contribution in [0.5, 0.6) is 0 Å². The largest absolute Gasteiger partial charge is 0.329 e. The van der Waals surface area contributed by atoms with Crippen LogP contribution in [0.1, 0.15) is 51.9 Å². The molecule has 2 nitrogen and oxygen atoms in total. The van der Waals surface area contributed by atoms with Gasteiger partial charge in [0, 0.05) is 12.6 Å². The molecule has 1 aliphatic rings. The number of hydrogen-bond donors (Lipinski definition) is 1. The predicted molar refractivity (Wildman–Crippen MR) is 62.4 cm³/mol. The summed E-state index contributed by atoms with van der Waals surface area (Å²) in [6, 6.07) is 0.660. The van der Waals surface area contributed by atoms with Crippen LogP contribution >= 0.6 is 0 Å². The molecule has 84 valence electrons. The second-order valence-electron chi connectivity index (χ2n) is 4.48. The molecule has 0 aromatic rings. The van der Waals surface area contributed by atoms with Crippen molar-refractivity contribution in [3.63, 3.8) is 0 Å². The Hall–Kier alpha value is -0.0800. The van der Waals surface area contributed by atoms with Gasteiger partial charge in [-0.1, -0.05) is 32.6 Å². The topological polar surface area (TPSA) is 29.3 Å². The van der Waals surface area contributed by atoms with Gasteiger partial charge < -0.3 is 5.73 Å². The minimum absolute atomic E-state index is 0.660. The Morgan fingerprint density at radius 1 is 1.14 bits per heavy atom. The van der Waals surface area contributed by atoms with Gasteiger partial charge >= 0.3 is 0 Å². The van der Waals surface area contributed by atoms with E-state index in [1.807, 2.05) is 0 Å². The van der Waals surface area contributed by atoms with Gasteiger partial charge in [0.1, 0.15) is 0 Å². The maximum absolute atomic E-state index is 5.85. The normalized spacial score (nSPS) is 21.9. The van der Waals surface area contributed by atoms with Crippen LogP contribution < -0.4 is 5.73 Å². The Balaban J connectivity index is 2.32. The third-order valence-electron chi connectivity index (χ3n) is 3.32. The molecular formula is C12H26N2. The summed E-state index contributed by atoms with van der Waals surface area (Å²) in [7, 11) is 0. The summed E-state index contributed by atoms with van der Waals surface area (Å²) in [6.07, 6.45) is 9.52. The first-order valence-corrected chi connectivity index (χ1v) is 6.32. The van der Waals surface area contributed by atoms with Crippen molar-refractivity contribution in [1.82, 2.24) is 4.90 Å².